The van der Waals surface area contributed by atoms with Gasteiger partial charge in [0.2, 0.25) is 16.7 Å². The van der Waals surface area contributed by atoms with E-state index in [0.717, 1.165) is 11.5 Å². The Morgan fingerprint density at radius 2 is 2.26 bits per heavy atom. The van der Waals surface area contributed by atoms with E-state index in [2.05, 4.69) is 30.9 Å². The van der Waals surface area contributed by atoms with Gasteiger partial charge in [-0.05, 0) is 6.92 Å². The van der Waals surface area contributed by atoms with E-state index in [1.54, 1.807) is 11.6 Å². The van der Waals surface area contributed by atoms with Crippen LogP contribution in [0.3, 0.4) is 0 Å². The summed E-state index contributed by atoms with van der Waals surface area (Å²) in [5, 5.41) is 6.71. The number of morpholine rings is 1. The van der Waals surface area contributed by atoms with E-state index in [1.165, 1.54) is 13.2 Å². The van der Waals surface area contributed by atoms with Crippen LogP contribution in [0, 0.1) is 0 Å². The summed E-state index contributed by atoms with van der Waals surface area (Å²) in [6, 6.07) is 0. The predicted octanol–water partition coefficient (Wildman–Crippen LogP) is 1.51. The van der Waals surface area contributed by atoms with Crippen molar-refractivity contribution in [3.05, 3.63) is 18.5 Å². The highest BCUT2D eigenvalue weighted by Gasteiger charge is 2.34. The van der Waals surface area contributed by atoms with Crippen molar-refractivity contribution < 1.29 is 28.2 Å². The van der Waals surface area contributed by atoms with Crippen molar-refractivity contribution in [2.75, 3.05) is 51.7 Å². The van der Waals surface area contributed by atoms with Crippen molar-refractivity contribution in [3.8, 4) is 0 Å². The topological polar surface area (TPSA) is 124 Å². The fourth-order valence-electron chi connectivity index (χ4n) is 2.08. The molecule has 1 fully saturated rings. The second-order valence-electron chi connectivity index (χ2n) is 5.06. The zero-order valence-corrected chi connectivity index (χ0v) is 16.8. The highest BCUT2D eigenvalue weighted by Crippen LogP contribution is 2.50. The van der Waals surface area contributed by atoms with Crippen molar-refractivity contribution in [2.45, 2.75) is 6.92 Å². The first-order chi connectivity index (χ1) is 13.0. The van der Waals surface area contributed by atoms with Gasteiger partial charge >= 0.3 is 13.6 Å². The lowest BCUT2D eigenvalue weighted by Crippen LogP contribution is -2.36. The second kappa shape index (κ2) is 10.5. The fraction of sp³-hybridized carbons (Fsp3) is 0.571. The van der Waals surface area contributed by atoms with E-state index >= 15 is 0 Å². The molecule has 1 saturated heterocycles. The number of hydrogen-bond acceptors (Lipinski definition) is 10. The van der Waals surface area contributed by atoms with Gasteiger partial charge in [0.05, 0.1) is 26.9 Å². The van der Waals surface area contributed by atoms with Crippen LogP contribution in [0.1, 0.15) is 12.7 Å². The van der Waals surface area contributed by atoms with Gasteiger partial charge in [0.15, 0.2) is 0 Å². The number of oxime groups is 1. The monoisotopic (exact) mass is 419 g/mol. The van der Waals surface area contributed by atoms with Crippen molar-refractivity contribution in [1.29, 1.82) is 0 Å². The molecule has 0 radical (unpaired) electrons. The van der Waals surface area contributed by atoms with Gasteiger partial charge in [0.1, 0.15) is 6.61 Å². The molecule has 1 N–H and O–H groups in total. The number of nitrogens with zero attached hydrogens (tertiary/aromatic N) is 4. The molecule has 0 aliphatic carbocycles. The molecule has 1 aliphatic rings. The predicted molar refractivity (Wildman–Crippen MR) is 99.9 cm³/mol. The van der Waals surface area contributed by atoms with E-state index in [0.29, 0.717) is 26.3 Å². The Bertz CT molecular complexity index is 721. The van der Waals surface area contributed by atoms with Gasteiger partial charge in [-0.15, -0.1) is 0 Å². The Morgan fingerprint density at radius 1 is 1.52 bits per heavy atom. The Morgan fingerprint density at radius 3 is 2.89 bits per heavy atom. The molecular formula is C14H22N5O6PS. The lowest BCUT2D eigenvalue weighted by Gasteiger charge is -2.32. The van der Waals surface area contributed by atoms with Crippen molar-refractivity contribution in [1.82, 2.24) is 14.0 Å². The Labute approximate surface area is 161 Å². The number of carbonyl (C=O) groups is 1. The van der Waals surface area contributed by atoms with Crippen LogP contribution >= 0.6 is 19.2 Å². The summed E-state index contributed by atoms with van der Waals surface area (Å²) >= 11 is 0.915. The maximum Gasteiger partial charge on any atom is 0.370 e. The Hall–Kier alpha value is -1.85. The van der Waals surface area contributed by atoms with Crippen molar-refractivity contribution in [2.24, 2.45) is 5.16 Å². The van der Waals surface area contributed by atoms with Crippen LogP contribution in [0.15, 0.2) is 17.8 Å². The average molecular weight is 419 g/mol. The van der Waals surface area contributed by atoms with Crippen molar-refractivity contribution >= 4 is 36.0 Å². The van der Waals surface area contributed by atoms with Gasteiger partial charge in [0.25, 0.3) is 0 Å². The molecule has 0 spiro atoms. The Kier molecular flexibility index (Phi) is 8.32. The molecule has 1 aromatic heterocycles. The summed E-state index contributed by atoms with van der Waals surface area (Å²) in [7, 11) is -2.17. The van der Waals surface area contributed by atoms with Gasteiger partial charge < -0.3 is 18.8 Å². The number of carbonyl (C=O) groups excluding carboxylic acids is 1. The van der Waals surface area contributed by atoms with E-state index in [1.807, 2.05) is 0 Å². The lowest BCUT2D eigenvalue weighted by molar-refractivity contribution is -0.132. The molecule has 1 unspecified atom stereocenters. The minimum absolute atomic E-state index is 0.0107. The zero-order chi connectivity index (χ0) is 19.7. The van der Waals surface area contributed by atoms with E-state index in [-0.39, 0.29) is 29.9 Å². The van der Waals surface area contributed by atoms with Crippen molar-refractivity contribution in [3.63, 3.8) is 0 Å². The number of methoxy groups -OCH3 is 1. The van der Waals surface area contributed by atoms with E-state index in [9.17, 15) is 9.36 Å². The Balaban J connectivity index is 2.20. The number of ether oxygens (including phenoxy) is 2. The van der Waals surface area contributed by atoms with E-state index < -0.39 is 13.6 Å². The SMILES string of the molecule is C=CCON=C(C(=O)OC)c1nsc(NP(=O)(OCC)N2CCOCC2)n1. The number of nitrogens with one attached hydrogen (secondary N) is 1. The molecule has 0 bridgehead atoms. The third-order valence-electron chi connectivity index (χ3n) is 3.27. The van der Waals surface area contributed by atoms with Gasteiger partial charge in [0, 0.05) is 24.6 Å². The van der Waals surface area contributed by atoms with Crippen LogP contribution in [-0.4, -0.2) is 72.3 Å². The molecule has 13 heteroatoms. The highest BCUT2D eigenvalue weighted by molar-refractivity contribution is 7.58. The molecule has 2 heterocycles. The van der Waals surface area contributed by atoms with Crippen LogP contribution < -0.4 is 5.09 Å². The van der Waals surface area contributed by atoms with E-state index in [4.69, 9.17) is 14.1 Å². The quantitative estimate of drug-likeness (QED) is 0.149. The molecule has 1 aliphatic heterocycles. The molecule has 2 rings (SSSR count). The summed E-state index contributed by atoms with van der Waals surface area (Å²) in [6.45, 7) is 7.43. The maximum atomic E-state index is 13.2. The van der Waals surface area contributed by atoms with Crippen LogP contribution in [0.25, 0.3) is 0 Å². The van der Waals surface area contributed by atoms with Gasteiger partial charge in [-0.25, -0.2) is 14.0 Å². The van der Waals surface area contributed by atoms with Gasteiger partial charge in [-0.3, -0.25) is 5.09 Å². The minimum Gasteiger partial charge on any atom is -0.464 e. The first kappa shape index (κ1) is 21.5. The minimum atomic E-state index is -3.38. The first-order valence-corrected chi connectivity index (χ1v) is 10.5. The average Bonchev–Trinajstić information content (AvgIpc) is 3.13. The standard InChI is InChI=1S/C14H22N5O6PS/c1-4-8-24-16-11(13(20)22-3)12-15-14(27-18-12)17-26(21,25-5-2)19-6-9-23-10-7-19/h4H,1,5-10H2,2-3H3,(H,15,17,18,21). The normalized spacial score (nSPS) is 17.8. The zero-order valence-electron chi connectivity index (χ0n) is 15.1. The molecule has 1 aromatic rings. The molecule has 150 valence electrons. The third kappa shape index (κ3) is 5.81. The molecule has 0 amide bonds. The smallest absolute Gasteiger partial charge is 0.370 e. The maximum absolute atomic E-state index is 13.2. The van der Waals surface area contributed by atoms with Crippen LogP contribution in [0.2, 0.25) is 0 Å². The lowest BCUT2D eigenvalue weighted by atomic mass is 10.4. The number of hydrogen-bond donors (Lipinski definition) is 1. The number of aromatic nitrogens is 2. The third-order valence-corrected chi connectivity index (χ3v) is 6.29. The largest absolute Gasteiger partial charge is 0.464 e. The number of anilines is 1. The van der Waals surface area contributed by atoms with Crippen LogP contribution in [0.4, 0.5) is 5.13 Å². The number of esters is 1. The summed E-state index contributed by atoms with van der Waals surface area (Å²) in [5.41, 5.74) is -0.207. The highest BCUT2D eigenvalue weighted by atomic mass is 32.1. The van der Waals surface area contributed by atoms with Crippen LogP contribution in [0.5, 0.6) is 0 Å². The molecule has 0 saturated carbocycles. The molecule has 1 atom stereocenters. The molecule has 27 heavy (non-hydrogen) atoms. The molecule has 11 nitrogen and oxygen atoms in total. The fourth-order valence-corrected chi connectivity index (χ4v) is 4.72. The summed E-state index contributed by atoms with van der Waals surface area (Å²) in [4.78, 5) is 21.0. The first-order valence-electron chi connectivity index (χ1n) is 8.13. The number of rotatable bonds is 10. The van der Waals surface area contributed by atoms with Crippen LogP contribution in [-0.2, 0) is 28.2 Å². The second-order valence-corrected chi connectivity index (χ2v) is 7.90. The molecular weight excluding hydrogens is 397 g/mol. The van der Waals surface area contributed by atoms with Gasteiger partial charge in [-0.2, -0.15) is 9.36 Å². The summed E-state index contributed by atoms with van der Waals surface area (Å²) < 4.78 is 34.4. The summed E-state index contributed by atoms with van der Waals surface area (Å²) in [5.74, 6) is -0.770. The summed E-state index contributed by atoms with van der Waals surface area (Å²) in [6.07, 6.45) is 1.47. The van der Waals surface area contributed by atoms with Gasteiger partial charge in [-0.1, -0.05) is 17.8 Å². The molecule has 0 aromatic carbocycles.